The number of halogens is 2. The first-order valence-corrected chi connectivity index (χ1v) is 6.16. The molecule has 0 bridgehead atoms. The summed E-state index contributed by atoms with van der Waals surface area (Å²) in [4.78, 5) is 11.6. The number of rotatable bonds is 5. The van der Waals surface area contributed by atoms with E-state index in [4.69, 9.17) is 26.8 Å². The second-order valence-corrected chi connectivity index (χ2v) is 4.46. The normalized spacial score (nSPS) is 11.4. The summed E-state index contributed by atoms with van der Waals surface area (Å²) < 4.78 is 10.2. The summed E-state index contributed by atoms with van der Waals surface area (Å²) in [6, 6.07) is 3.32. The van der Waals surface area contributed by atoms with Gasteiger partial charge in [-0.3, -0.25) is 0 Å². The van der Waals surface area contributed by atoms with Crippen LogP contribution in [0.4, 0.5) is 0 Å². The summed E-state index contributed by atoms with van der Waals surface area (Å²) in [7, 11) is 1.32. The molecule has 0 spiro atoms. The molecule has 1 atom stereocenters. The second-order valence-electron chi connectivity index (χ2n) is 4.08. The number of ether oxygens (including phenoxy) is 2. The smallest absolute Gasteiger partial charge is 0.339 e. The molecule has 19 heavy (non-hydrogen) atoms. The average molecular weight is 308 g/mol. The molecule has 0 saturated heterocycles. The van der Waals surface area contributed by atoms with Gasteiger partial charge in [-0.2, -0.15) is 0 Å². The number of hydrogen-bond acceptors (Lipinski definition) is 4. The molecule has 1 aromatic rings. The first kappa shape index (κ1) is 18.0. The van der Waals surface area contributed by atoms with Gasteiger partial charge in [-0.05, 0) is 31.0 Å². The van der Waals surface area contributed by atoms with Crippen molar-refractivity contribution < 1.29 is 14.3 Å². The Hall–Kier alpha value is -0.970. The number of carbonyl (C=O) groups excluding carboxylic acids is 1. The van der Waals surface area contributed by atoms with E-state index >= 15 is 0 Å². The minimum Gasteiger partial charge on any atom is -0.492 e. The van der Waals surface area contributed by atoms with E-state index in [1.54, 1.807) is 6.07 Å². The summed E-state index contributed by atoms with van der Waals surface area (Å²) >= 11 is 6.14. The van der Waals surface area contributed by atoms with Crippen molar-refractivity contribution in [2.45, 2.75) is 26.3 Å². The average Bonchev–Trinajstić information content (AvgIpc) is 2.36. The molecule has 0 aliphatic heterocycles. The Balaban J connectivity index is 0.00000324. The topological polar surface area (TPSA) is 61.5 Å². The van der Waals surface area contributed by atoms with Gasteiger partial charge < -0.3 is 15.2 Å². The van der Waals surface area contributed by atoms with Gasteiger partial charge in [0.1, 0.15) is 12.4 Å². The van der Waals surface area contributed by atoms with E-state index in [1.807, 2.05) is 19.9 Å². The molecule has 2 N–H and O–H groups in total. The molecular formula is C13H19Cl2NO3. The van der Waals surface area contributed by atoms with Crippen LogP contribution in [0, 0.1) is 0 Å². The zero-order valence-corrected chi connectivity index (χ0v) is 12.8. The molecule has 0 aromatic heterocycles. The van der Waals surface area contributed by atoms with Gasteiger partial charge in [0.15, 0.2) is 0 Å². The van der Waals surface area contributed by atoms with E-state index in [0.29, 0.717) is 29.4 Å². The highest BCUT2D eigenvalue weighted by Crippen LogP contribution is 2.28. The zero-order chi connectivity index (χ0) is 13.7. The van der Waals surface area contributed by atoms with Crippen LogP contribution in [0.25, 0.3) is 0 Å². The van der Waals surface area contributed by atoms with Gasteiger partial charge in [-0.15, -0.1) is 12.4 Å². The lowest BCUT2D eigenvalue weighted by Crippen LogP contribution is -2.23. The maximum absolute atomic E-state index is 11.6. The SMILES string of the molecule is CCc1cc(OC[C@H](C)N)cc(C(=O)OC)c1Cl.Cl. The maximum atomic E-state index is 11.6. The van der Waals surface area contributed by atoms with Crippen molar-refractivity contribution in [3.63, 3.8) is 0 Å². The van der Waals surface area contributed by atoms with E-state index in [-0.39, 0.29) is 18.4 Å². The van der Waals surface area contributed by atoms with Crippen LogP contribution < -0.4 is 10.5 Å². The number of methoxy groups -OCH3 is 1. The molecule has 0 fully saturated rings. The lowest BCUT2D eigenvalue weighted by molar-refractivity contribution is 0.0600. The van der Waals surface area contributed by atoms with Crippen LogP contribution in [0.3, 0.4) is 0 Å². The number of benzene rings is 1. The highest BCUT2D eigenvalue weighted by Gasteiger charge is 2.16. The van der Waals surface area contributed by atoms with Gasteiger partial charge >= 0.3 is 5.97 Å². The van der Waals surface area contributed by atoms with Gasteiger partial charge in [0.2, 0.25) is 0 Å². The molecule has 0 amide bonds. The highest BCUT2D eigenvalue weighted by atomic mass is 35.5. The summed E-state index contributed by atoms with van der Waals surface area (Å²) in [5.74, 6) is 0.106. The summed E-state index contributed by atoms with van der Waals surface area (Å²) in [6.45, 7) is 4.18. The molecule has 0 aliphatic carbocycles. The minimum atomic E-state index is -0.471. The van der Waals surface area contributed by atoms with Gasteiger partial charge in [0.05, 0.1) is 17.7 Å². The molecule has 1 rings (SSSR count). The van der Waals surface area contributed by atoms with Crippen molar-refractivity contribution >= 4 is 30.0 Å². The van der Waals surface area contributed by atoms with E-state index in [9.17, 15) is 4.79 Å². The lowest BCUT2D eigenvalue weighted by atomic mass is 10.1. The van der Waals surface area contributed by atoms with Crippen molar-refractivity contribution in [3.05, 3.63) is 28.3 Å². The molecule has 0 saturated carbocycles. The third-order valence-electron chi connectivity index (χ3n) is 2.42. The third kappa shape index (κ3) is 4.90. The fraction of sp³-hybridized carbons (Fsp3) is 0.462. The molecule has 108 valence electrons. The zero-order valence-electron chi connectivity index (χ0n) is 11.2. The Morgan fingerprint density at radius 3 is 2.58 bits per heavy atom. The van der Waals surface area contributed by atoms with Crippen molar-refractivity contribution in [1.82, 2.24) is 0 Å². The molecule has 0 heterocycles. The number of esters is 1. The lowest BCUT2D eigenvalue weighted by Gasteiger charge is -2.13. The quantitative estimate of drug-likeness (QED) is 0.850. The Kier molecular flexibility index (Phi) is 7.83. The second kappa shape index (κ2) is 8.25. The number of aryl methyl sites for hydroxylation is 1. The van der Waals surface area contributed by atoms with E-state index < -0.39 is 5.97 Å². The fourth-order valence-corrected chi connectivity index (χ4v) is 1.80. The first-order valence-electron chi connectivity index (χ1n) is 5.78. The Bertz CT molecular complexity index is 436. The standard InChI is InChI=1S/C13H18ClNO3.ClH/c1-4-9-5-10(18-7-8(2)15)6-11(12(9)14)13(16)17-3;/h5-6,8H,4,7,15H2,1-3H3;1H/t8-;/m0./s1. The minimum absolute atomic E-state index is 0. The summed E-state index contributed by atoms with van der Waals surface area (Å²) in [5.41, 5.74) is 6.79. The number of hydrogen-bond donors (Lipinski definition) is 1. The maximum Gasteiger partial charge on any atom is 0.339 e. The first-order chi connectivity index (χ1) is 8.49. The monoisotopic (exact) mass is 307 g/mol. The van der Waals surface area contributed by atoms with E-state index in [1.165, 1.54) is 7.11 Å². The van der Waals surface area contributed by atoms with Crippen LogP contribution in [0.15, 0.2) is 12.1 Å². The van der Waals surface area contributed by atoms with Gasteiger partial charge in [-0.25, -0.2) is 4.79 Å². The largest absolute Gasteiger partial charge is 0.492 e. The van der Waals surface area contributed by atoms with Crippen LogP contribution in [0.5, 0.6) is 5.75 Å². The predicted molar refractivity (Wildman–Crippen MR) is 78.6 cm³/mol. The molecule has 0 aliphatic rings. The van der Waals surface area contributed by atoms with Gasteiger partial charge in [-0.1, -0.05) is 18.5 Å². The third-order valence-corrected chi connectivity index (χ3v) is 2.87. The predicted octanol–water partition coefficient (Wildman–Crippen LogP) is 2.84. The Morgan fingerprint density at radius 1 is 1.47 bits per heavy atom. The molecule has 6 heteroatoms. The molecular weight excluding hydrogens is 289 g/mol. The number of nitrogens with two attached hydrogens (primary N) is 1. The van der Waals surface area contributed by atoms with Crippen molar-refractivity contribution in [1.29, 1.82) is 0 Å². The van der Waals surface area contributed by atoms with E-state index in [0.717, 1.165) is 5.56 Å². The summed E-state index contributed by atoms with van der Waals surface area (Å²) in [6.07, 6.45) is 0.707. The van der Waals surface area contributed by atoms with Crippen molar-refractivity contribution in [2.24, 2.45) is 5.73 Å². The van der Waals surface area contributed by atoms with Crippen LogP contribution in [-0.2, 0) is 11.2 Å². The Labute approximate surface area is 124 Å². The van der Waals surface area contributed by atoms with Crippen LogP contribution in [0.1, 0.15) is 29.8 Å². The fourth-order valence-electron chi connectivity index (χ4n) is 1.48. The molecule has 4 nitrogen and oxygen atoms in total. The van der Waals surface area contributed by atoms with Crippen LogP contribution >= 0.6 is 24.0 Å². The summed E-state index contributed by atoms with van der Waals surface area (Å²) in [5, 5.41) is 0.414. The Morgan fingerprint density at radius 2 is 2.11 bits per heavy atom. The molecule has 1 aromatic carbocycles. The van der Waals surface area contributed by atoms with Gasteiger partial charge in [0.25, 0.3) is 0 Å². The van der Waals surface area contributed by atoms with Crippen molar-refractivity contribution in [3.8, 4) is 5.75 Å². The van der Waals surface area contributed by atoms with Gasteiger partial charge in [0, 0.05) is 6.04 Å². The molecule has 0 radical (unpaired) electrons. The molecule has 0 unspecified atom stereocenters. The van der Waals surface area contributed by atoms with Crippen molar-refractivity contribution in [2.75, 3.05) is 13.7 Å². The van der Waals surface area contributed by atoms with Crippen LogP contribution in [-0.4, -0.2) is 25.7 Å². The highest BCUT2D eigenvalue weighted by molar-refractivity contribution is 6.34. The van der Waals surface area contributed by atoms with Crippen LogP contribution in [0.2, 0.25) is 5.02 Å². The number of carbonyl (C=O) groups is 1. The van der Waals surface area contributed by atoms with E-state index in [2.05, 4.69) is 0 Å².